The van der Waals surface area contributed by atoms with Gasteiger partial charge in [-0.2, -0.15) is 0 Å². The van der Waals surface area contributed by atoms with Crippen LogP contribution in [0.2, 0.25) is 5.02 Å². The van der Waals surface area contributed by atoms with Gasteiger partial charge in [0.2, 0.25) is 5.95 Å². The lowest BCUT2D eigenvalue weighted by molar-refractivity contribution is 0.122. The number of hydrogen-bond donors (Lipinski definition) is 2. The molecular weight excluding hydrogens is 390 g/mol. The number of benzene rings is 2. The van der Waals surface area contributed by atoms with Crippen LogP contribution >= 0.6 is 11.6 Å². The first-order valence-corrected chi connectivity index (χ1v) is 10.2. The Bertz CT molecular complexity index is 1020. The fourth-order valence-electron chi connectivity index (χ4n) is 3.47. The number of nitrogens with zero attached hydrogens (tertiary/aromatic N) is 3. The normalized spacial score (nSPS) is 17.2. The molecule has 0 aliphatic carbocycles. The zero-order valence-electron chi connectivity index (χ0n) is 15.9. The maximum Gasteiger partial charge on any atom is 0.227 e. The third-order valence-corrected chi connectivity index (χ3v) is 5.51. The second-order valence-electron chi connectivity index (χ2n) is 7.17. The molecule has 0 amide bonds. The molecule has 3 aromatic rings. The number of morpholine rings is 1. The van der Waals surface area contributed by atoms with E-state index < -0.39 is 0 Å². The smallest absolute Gasteiger partial charge is 0.227 e. The number of halogens is 1. The van der Waals surface area contributed by atoms with Crippen LogP contribution in [0.5, 0.6) is 5.75 Å². The van der Waals surface area contributed by atoms with Gasteiger partial charge in [-0.05, 0) is 30.3 Å². The van der Waals surface area contributed by atoms with Crippen LogP contribution in [0.4, 0.5) is 17.3 Å². The molecule has 150 valence electrons. The fraction of sp³-hybridized carbons (Fsp3) is 0.333. The summed E-state index contributed by atoms with van der Waals surface area (Å²) in [7, 11) is 0. The van der Waals surface area contributed by atoms with Gasteiger partial charge in [-0.3, -0.25) is 0 Å². The monoisotopic (exact) mass is 411 g/mol. The molecule has 5 rings (SSSR count). The molecular formula is C21H22ClN5O2. The Balaban J connectivity index is 1.42. The van der Waals surface area contributed by atoms with Crippen LogP contribution in [-0.2, 0) is 4.74 Å². The lowest BCUT2D eigenvalue weighted by Crippen LogP contribution is -2.50. The highest BCUT2D eigenvalue weighted by atomic mass is 35.5. The summed E-state index contributed by atoms with van der Waals surface area (Å²) >= 11 is 6.35. The Morgan fingerprint density at radius 1 is 1.17 bits per heavy atom. The quantitative estimate of drug-likeness (QED) is 0.667. The van der Waals surface area contributed by atoms with Gasteiger partial charge >= 0.3 is 0 Å². The molecule has 0 atom stereocenters. The third-order valence-electron chi connectivity index (χ3n) is 5.18. The van der Waals surface area contributed by atoms with E-state index in [0.29, 0.717) is 16.5 Å². The number of nitrogens with one attached hydrogen (secondary N) is 2. The third kappa shape index (κ3) is 3.94. The van der Waals surface area contributed by atoms with Crippen molar-refractivity contribution in [3.8, 4) is 5.75 Å². The van der Waals surface area contributed by atoms with E-state index in [1.807, 2.05) is 24.3 Å². The second-order valence-corrected chi connectivity index (χ2v) is 7.58. The van der Waals surface area contributed by atoms with E-state index in [0.717, 1.165) is 61.9 Å². The molecule has 2 aliphatic heterocycles. The van der Waals surface area contributed by atoms with E-state index in [4.69, 9.17) is 26.1 Å². The van der Waals surface area contributed by atoms with Gasteiger partial charge in [0.25, 0.3) is 0 Å². The van der Waals surface area contributed by atoms with Crippen LogP contribution in [0.1, 0.15) is 0 Å². The molecule has 0 unspecified atom stereocenters. The van der Waals surface area contributed by atoms with Gasteiger partial charge in [0.1, 0.15) is 17.4 Å². The van der Waals surface area contributed by atoms with E-state index in [-0.39, 0.29) is 6.10 Å². The first-order valence-electron chi connectivity index (χ1n) is 9.79. The molecule has 2 saturated heterocycles. The molecule has 2 aromatic carbocycles. The molecule has 2 aliphatic rings. The summed E-state index contributed by atoms with van der Waals surface area (Å²) in [4.78, 5) is 11.5. The van der Waals surface area contributed by atoms with Crippen molar-refractivity contribution in [2.45, 2.75) is 6.10 Å². The summed E-state index contributed by atoms with van der Waals surface area (Å²) in [6.45, 7) is 4.98. The molecule has 2 fully saturated rings. The minimum absolute atomic E-state index is 0.163. The summed E-state index contributed by atoms with van der Waals surface area (Å²) in [6.07, 6.45) is 1.90. The molecule has 0 saturated carbocycles. The van der Waals surface area contributed by atoms with E-state index in [1.54, 1.807) is 6.20 Å². The van der Waals surface area contributed by atoms with E-state index in [1.165, 1.54) is 0 Å². The van der Waals surface area contributed by atoms with Gasteiger partial charge in [0.05, 0.1) is 18.2 Å². The van der Waals surface area contributed by atoms with Crippen molar-refractivity contribution in [1.82, 2.24) is 15.3 Å². The number of hydrogen-bond acceptors (Lipinski definition) is 7. The van der Waals surface area contributed by atoms with Crippen molar-refractivity contribution in [3.63, 3.8) is 0 Å². The summed E-state index contributed by atoms with van der Waals surface area (Å²) in [5, 5.41) is 7.91. The molecule has 7 nitrogen and oxygen atoms in total. The van der Waals surface area contributed by atoms with Crippen LogP contribution in [0.3, 0.4) is 0 Å². The van der Waals surface area contributed by atoms with Gasteiger partial charge in [0, 0.05) is 49.1 Å². The van der Waals surface area contributed by atoms with Crippen molar-refractivity contribution in [2.24, 2.45) is 0 Å². The van der Waals surface area contributed by atoms with Gasteiger partial charge in [0.15, 0.2) is 0 Å². The van der Waals surface area contributed by atoms with Crippen molar-refractivity contribution < 1.29 is 9.47 Å². The van der Waals surface area contributed by atoms with Gasteiger partial charge < -0.3 is 25.0 Å². The lowest BCUT2D eigenvalue weighted by Gasteiger charge is -2.29. The summed E-state index contributed by atoms with van der Waals surface area (Å²) in [5.41, 5.74) is 2.80. The number of rotatable bonds is 5. The van der Waals surface area contributed by atoms with Crippen LogP contribution in [-0.4, -0.2) is 55.5 Å². The Hall–Kier alpha value is -2.61. The van der Waals surface area contributed by atoms with Crippen LogP contribution < -0.4 is 20.3 Å². The predicted octanol–water partition coefficient (Wildman–Crippen LogP) is 3.21. The molecule has 29 heavy (non-hydrogen) atoms. The molecule has 8 heteroatoms. The van der Waals surface area contributed by atoms with Gasteiger partial charge in [-0.15, -0.1) is 0 Å². The maximum atomic E-state index is 6.35. The first-order chi connectivity index (χ1) is 14.3. The minimum atomic E-state index is 0.163. The van der Waals surface area contributed by atoms with Crippen molar-refractivity contribution in [2.75, 3.05) is 49.6 Å². The number of aromatic nitrogens is 2. The van der Waals surface area contributed by atoms with Crippen molar-refractivity contribution in [1.29, 1.82) is 0 Å². The zero-order valence-corrected chi connectivity index (χ0v) is 16.7. The summed E-state index contributed by atoms with van der Waals surface area (Å²) < 4.78 is 11.5. The topological polar surface area (TPSA) is 71.5 Å². The Morgan fingerprint density at radius 2 is 2.03 bits per heavy atom. The minimum Gasteiger partial charge on any atom is -0.485 e. The van der Waals surface area contributed by atoms with Crippen LogP contribution in [0, 0.1) is 0 Å². The Labute approximate surface area is 174 Å². The van der Waals surface area contributed by atoms with Crippen molar-refractivity contribution >= 4 is 39.8 Å². The molecule has 1 aromatic heterocycles. The summed E-state index contributed by atoms with van der Waals surface area (Å²) in [5.74, 6) is 1.24. The van der Waals surface area contributed by atoms with Gasteiger partial charge in [-0.1, -0.05) is 17.7 Å². The summed E-state index contributed by atoms with van der Waals surface area (Å²) in [6, 6.07) is 12.0. The second kappa shape index (κ2) is 8.02. The number of ether oxygens (including phenoxy) is 2. The molecule has 2 N–H and O–H groups in total. The number of fused-ring (bicyclic) bond motifs is 1. The SMILES string of the molecule is Clc1ccc(OC2CNC2)c2nc(Nc3cccc(N4CCOCC4)c3)ncc12. The van der Waals surface area contributed by atoms with E-state index in [2.05, 4.69) is 32.7 Å². The highest BCUT2D eigenvalue weighted by Gasteiger charge is 2.20. The Kier molecular flexibility index (Phi) is 5.10. The highest BCUT2D eigenvalue weighted by molar-refractivity contribution is 6.35. The maximum absolute atomic E-state index is 6.35. The predicted molar refractivity (Wildman–Crippen MR) is 115 cm³/mol. The van der Waals surface area contributed by atoms with Gasteiger partial charge in [-0.25, -0.2) is 9.97 Å². The fourth-order valence-corrected chi connectivity index (χ4v) is 3.67. The van der Waals surface area contributed by atoms with Crippen molar-refractivity contribution in [3.05, 3.63) is 47.6 Å². The molecule has 0 bridgehead atoms. The highest BCUT2D eigenvalue weighted by Crippen LogP contribution is 2.32. The van der Waals surface area contributed by atoms with Crippen LogP contribution in [0.15, 0.2) is 42.6 Å². The number of anilines is 3. The largest absolute Gasteiger partial charge is 0.485 e. The molecule has 0 radical (unpaired) electrons. The van der Waals surface area contributed by atoms with E-state index in [9.17, 15) is 0 Å². The van der Waals surface area contributed by atoms with Crippen LogP contribution in [0.25, 0.3) is 10.9 Å². The standard InChI is InChI=1S/C21H22ClN5O2/c22-18-4-5-19(29-16-11-23-12-16)20-17(18)13-24-21(26-20)25-14-2-1-3-15(10-14)27-6-8-28-9-7-27/h1-5,10,13,16,23H,6-9,11-12H2,(H,24,25,26). The zero-order chi connectivity index (χ0) is 19.6. The first kappa shape index (κ1) is 18.4. The average Bonchev–Trinajstić information content (AvgIpc) is 2.73. The Morgan fingerprint density at radius 3 is 2.83 bits per heavy atom. The lowest BCUT2D eigenvalue weighted by atomic mass is 10.2. The molecule has 0 spiro atoms. The average molecular weight is 412 g/mol. The van der Waals surface area contributed by atoms with E-state index >= 15 is 0 Å². The molecule has 3 heterocycles.